The third kappa shape index (κ3) is 3.90. The number of nitrogens with one attached hydrogen (secondary N) is 1. The largest absolute Gasteiger partial charge is 0.388 e. The summed E-state index contributed by atoms with van der Waals surface area (Å²) in [5.74, 6) is 1.81. The third-order valence-electron chi connectivity index (χ3n) is 3.95. The minimum atomic E-state index is -0.583. The second-order valence-corrected chi connectivity index (χ2v) is 6.26. The first kappa shape index (κ1) is 14.3. The Kier molecular flexibility index (Phi) is 4.40. The lowest BCUT2D eigenvalue weighted by atomic mass is 9.79. The zero-order valence-electron chi connectivity index (χ0n) is 12.2. The van der Waals surface area contributed by atoms with Gasteiger partial charge in [-0.15, -0.1) is 0 Å². The molecule has 2 unspecified atom stereocenters. The highest BCUT2D eigenvalue weighted by Crippen LogP contribution is 2.32. The summed E-state index contributed by atoms with van der Waals surface area (Å²) in [6.45, 7) is 7.02. The fraction of sp³-hybridized carbons (Fsp3) is 0.733. The summed E-state index contributed by atoms with van der Waals surface area (Å²) in [7, 11) is 0. The van der Waals surface area contributed by atoms with Crippen LogP contribution in [0.3, 0.4) is 0 Å². The van der Waals surface area contributed by atoms with Crippen LogP contribution < -0.4 is 5.32 Å². The van der Waals surface area contributed by atoms with E-state index in [0.717, 1.165) is 30.8 Å². The van der Waals surface area contributed by atoms with E-state index in [9.17, 15) is 5.11 Å². The van der Waals surface area contributed by atoms with Crippen LogP contribution in [0, 0.1) is 5.92 Å². The van der Waals surface area contributed by atoms with Crippen molar-refractivity contribution in [3.63, 3.8) is 0 Å². The SMILES string of the molecule is CC1CCCC(O)(CNc2cc(C(C)C)ncn2)C1. The van der Waals surface area contributed by atoms with Crippen molar-refractivity contribution in [1.82, 2.24) is 9.97 Å². The van der Waals surface area contributed by atoms with Crippen molar-refractivity contribution in [3.05, 3.63) is 18.1 Å². The predicted octanol–water partition coefficient (Wildman–Crippen LogP) is 2.95. The fourth-order valence-electron chi connectivity index (χ4n) is 2.83. The second kappa shape index (κ2) is 5.87. The van der Waals surface area contributed by atoms with Gasteiger partial charge in [0.15, 0.2) is 0 Å². The third-order valence-corrected chi connectivity index (χ3v) is 3.95. The predicted molar refractivity (Wildman–Crippen MR) is 77.2 cm³/mol. The molecule has 1 aromatic rings. The average molecular weight is 263 g/mol. The van der Waals surface area contributed by atoms with E-state index in [-0.39, 0.29) is 0 Å². The molecule has 1 aliphatic rings. The van der Waals surface area contributed by atoms with Crippen LogP contribution in [-0.2, 0) is 0 Å². The molecule has 0 saturated heterocycles. The average Bonchev–Trinajstić information content (AvgIpc) is 2.36. The van der Waals surface area contributed by atoms with Gasteiger partial charge in [0.25, 0.3) is 0 Å². The van der Waals surface area contributed by atoms with Crippen molar-refractivity contribution in [2.75, 3.05) is 11.9 Å². The number of hydrogen-bond acceptors (Lipinski definition) is 4. The highest BCUT2D eigenvalue weighted by atomic mass is 16.3. The molecule has 2 atom stereocenters. The number of aromatic nitrogens is 2. The Labute approximate surface area is 115 Å². The molecule has 1 aromatic heterocycles. The number of anilines is 1. The molecule has 2 rings (SSSR count). The van der Waals surface area contributed by atoms with E-state index in [0.29, 0.717) is 18.4 Å². The molecule has 1 aliphatic carbocycles. The molecule has 0 bridgehead atoms. The maximum Gasteiger partial charge on any atom is 0.129 e. The number of rotatable bonds is 4. The molecule has 0 spiro atoms. The van der Waals surface area contributed by atoms with Crippen LogP contribution in [-0.4, -0.2) is 27.2 Å². The standard InChI is InChI=1S/C15H25N3O/c1-11(2)13-7-14(18-10-17-13)16-9-15(19)6-4-5-12(3)8-15/h7,10-12,19H,4-6,8-9H2,1-3H3,(H,16,17,18). The Balaban J connectivity index is 1.96. The molecule has 0 aliphatic heterocycles. The van der Waals surface area contributed by atoms with Crippen LogP contribution >= 0.6 is 0 Å². The smallest absolute Gasteiger partial charge is 0.129 e. The normalized spacial score (nSPS) is 27.5. The molecule has 0 amide bonds. The molecule has 1 saturated carbocycles. The van der Waals surface area contributed by atoms with E-state index in [1.807, 2.05) is 6.07 Å². The monoisotopic (exact) mass is 263 g/mol. The zero-order chi connectivity index (χ0) is 13.9. The van der Waals surface area contributed by atoms with Gasteiger partial charge in [-0.25, -0.2) is 9.97 Å². The van der Waals surface area contributed by atoms with Gasteiger partial charge >= 0.3 is 0 Å². The summed E-state index contributed by atoms with van der Waals surface area (Å²) in [4.78, 5) is 8.47. The first-order valence-electron chi connectivity index (χ1n) is 7.27. The van der Waals surface area contributed by atoms with Gasteiger partial charge in [0, 0.05) is 18.3 Å². The lowest BCUT2D eigenvalue weighted by Gasteiger charge is -2.35. The maximum atomic E-state index is 10.6. The molecule has 0 radical (unpaired) electrons. The molecular weight excluding hydrogens is 238 g/mol. The minimum Gasteiger partial charge on any atom is -0.388 e. The molecule has 1 heterocycles. The maximum absolute atomic E-state index is 10.6. The Morgan fingerprint density at radius 1 is 1.47 bits per heavy atom. The first-order valence-corrected chi connectivity index (χ1v) is 7.27. The summed E-state index contributed by atoms with van der Waals surface area (Å²) < 4.78 is 0. The van der Waals surface area contributed by atoms with Crippen molar-refractivity contribution in [2.24, 2.45) is 5.92 Å². The summed E-state index contributed by atoms with van der Waals surface area (Å²) in [5, 5.41) is 13.8. The molecule has 4 heteroatoms. The minimum absolute atomic E-state index is 0.390. The molecular formula is C15H25N3O. The van der Waals surface area contributed by atoms with Crippen LogP contribution in [0.4, 0.5) is 5.82 Å². The highest BCUT2D eigenvalue weighted by molar-refractivity contribution is 5.36. The molecule has 2 N–H and O–H groups in total. The summed E-state index contributed by atoms with van der Waals surface area (Å²) in [6.07, 6.45) is 5.69. The Morgan fingerprint density at radius 2 is 2.26 bits per heavy atom. The van der Waals surface area contributed by atoms with Crippen LogP contribution in [0.25, 0.3) is 0 Å². The van der Waals surface area contributed by atoms with E-state index in [1.165, 1.54) is 6.42 Å². The first-order chi connectivity index (χ1) is 8.98. The van der Waals surface area contributed by atoms with Crippen LogP contribution in [0.1, 0.15) is 58.1 Å². The summed E-state index contributed by atoms with van der Waals surface area (Å²) >= 11 is 0. The highest BCUT2D eigenvalue weighted by Gasteiger charge is 2.32. The van der Waals surface area contributed by atoms with Gasteiger partial charge < -0.3 is 10.4 Å². The Morgan fingerprint density at radius 3 is 2.95 bits per heavy atom. The van der Waals surface area contributed by atoms with Crippen molar-refractivity contribution >= 4 is 5.82 Å². The van der Waals surface area contributed by atoms with E-state index in [1.54, 1.807) is 6.33 Å². The van der Waals surface area contributed by atoms with Gasteiger partial charge in [-0.2, -0.15) is 0 Å². The van der Waals surface area contributed by atoms with Crippen molar-refractivity contribution in [1.29, 1.82) is 0 Å². The summed E-state index contributed by atoms with van der Waals surface area (Å²) in [5.41, 5.74) is 0.446. The second-order valence-electron chi connectivity index (χ2n) is 6.26. The Bertz CT molecular complexity index is 422. The van der Waals surface area contributed by atoms with Gasteiger partial charge in [-0.3, -0.25) is 0 Å². The van der Waals surface area contributed by atoms with Gasteiger partial charge in [-0.1, -0.05) is 33.6 Å². The van der Waals surface area contributed by atoms with E-state index in [4.69, 9.17) is 0 Å². The number of aliphatic hydroxyl groups is 1. The molecule has 1 fully saturated rings. The molecule has 106 valence electrons. The van der Waals surface area contributed by atoms with Crippen molar-refractivity contribution < 1.29 is 5.11 Å². The van der Waals surface area contributed by atoms with Crippen LogP contribution in [0.5, 0.6) is 0 Å². The Hall–Kier alpha value is -1.16. The van der Waals surface area contributed by atoms with Crippen LogP contribution in [0.15, 0.2) is 12.4 Å². The van der Waals surface area contributed by atoms with Crippen LogP contribution in [0.2, 0.25) is 0 Å². The molecule has 4 nitrogen and oxygen atoms in total. The van der Waals surface area contributed by atoms with Gasteiger partial charge in [0.2, 0.25) is 0 Å². The zero-order valence-corrected chi connectivity index (χ0v) is 12.2. The van der Waals surface area contributed by atoms with Gasteiger partial charge in [0.05, 0.1) is 5.60 Å². The fourth-order valence-corrected chi connectivity index (χ4v) is 2.83. The molecule has 19 heavy (non-hydrogen) atoms. The van der Waals surface area contributed by atoms with E-state index >= 15 is 0 Å². The van der Waals surface area contributed by atoms with Gasteiger partial charge in [-0.05, 0) is 24.7 Å². The lowest BCUT2D eigenvalue weighted by Crippen LogP contribution is -2.41. The van der Waals surface area contributed by atoms with Crippen molar-refractivity contribution in [2.45, 2.75) is 58.0 Å². The van der Waals surface area contributed by atoms with E-state index in [2.05, 4.69) is 36.1 Å². The molecule has 0 aromatic carbocycles. The summed E-state index contributed by atoms with van der Waals surface area (Å²) in [6, 6.07) is 1.97. The number of nitrogens with zero attached hydrogens (tertiary/aromatic N) is 2. The quantitative estimate of drug-likeness (QED) is 0.877. The lowest BCUT2D eigenvalue weighted by molar-refractivity contribution is -0.000830. The number of hydrogen-bond donors (Lipinski definition) is 2. The van der Waals surface area contributed by atoms with Gasteiger partial charge in [0.1, 0.15) is 12.1 Å². The topological polar surface area (TPSA) is 58.0 Å². The van der Waals surface area contributed by atoms with Crippen molar-refractivity contribution in [3.8, 4) is 0 Å². The van der Waals surface area contributed by atoms with E-state index < -0.39 is 5.60 Å².